The maximum atomic E-state index is 14.5. The predicted octanol–water partition coefficient (Wildman–Crippen LogP) is 5.78. The monoisotopic (exact) mass is 572 g/mol. The molecule has 7 rings (SSSR count). The number of benzene rings is 2. The standard InChI is InChI=1S/C34H45FN6O/c1-20-7-8-24(29(35)13-20)14-22(3)41-19-37-31-17-26(9-10-27(31)32(41)42)38-33(40-12-11-36-21(2)18-40)39-30-16-25-15-28(23(30)4)34(25,5)6/h7-10,13,17,19,21-23,25,28,30,36H,11-12,14-16,18H2,1-6H3,(H,38,39)/t21-,22+,23-,25+,28-,30?/m0/s1. The van der Waals surface area contributed by atoms with Gasteiger partial charge in [-0.1, -0.05) is 32.9 Å². The lowest BCUT2D eigenvalue weighted by Gasteiger charge is -2.61. The van der Waals surface area contributed by atoms with Crippen LogP contribution >= 0.6 is 0 Å². The summed E-state index contributed by atoms with van der Waals surface area (Å²) in [5, 5.41) is 7.73. The third-order valence-corrected chi connectivity index (χ3v) is 10.5. The second kappa shape index (κ2) is 11.1. The van der Waals surface area contributed by atoms with E-state index in [1.807, 2.05) is 38.1 Å². The molecule has 0 amide bonds. The van der Waals surface area contributed by atoms with Gasteiger partial charge in [0.25, 0.3) is 5.56 Å². The maximum absolute atomic E-state index is 14.5. The summed E-state index contributed by atoms with van der Waals surface area (Å²) in [7, 11) is 0. The minimum Gasteiger partial charge on any atom is -0.340 e. The van der Waals surface area contributed by atoms with Crippen molar-refractivity contribution in [3.8, 4) is 0 Å². The smallest absolute Gasteiger partial charge is 0.261 e. The van der Waals surface area contributed by atoms with Crippen LogP contribution in [0.4, 0.5) is 10.1 Å². The van der Waals surface area contributed by atoms with Crippen molar-refractivity contribution < 1.29 is 4.39 Å². The highest BCUT2D eigenvalue weighted by Crippen LogP contribution is 2.61. The number of halogens is 1. The number of aromatic nitrogens is 2. The molecular weight excluding hydrogens is 527 g/mol. The first kappa shape index (κ1) is 28.8. The highest BCUT2D eigenvalue weighted by molar-refractivity contribution is 5.96. The van der Waals surface area contributed by atoms with Crippen LogP contribution in [-0.4, -0.2) is 52.1 Å². The van der Waals surface area contributed by atoms with Crippen molar-refractivity contribution in [2.45, 2.75) is 78.9 Å². The minimum atomic E-state index is -0.237. The summed E-state index contributed by atoms with van der Waals surface area (Å²) in [5.74, 6) is 2.70. The van der Waals surface area contributed by atoms with Crippen LogP contribution in [0, 0.1) is 35.9 Å². The van der Waals surface area contributed by atoms with E-state index >= 15 is 0 Å². The molecule has 1 saturated heterocycles. The van der Waals surface area contributed by atoms with Gasteiger partial charge in [-0.3, -0.25) is 9.36 Å². The molecule has 2 aromatic carbocycles. The number of nitrogens with zero attached hydrogens (tertiary/aromatic N) is 4. The van der Waals surface area contributed by atoms with Gasteiger partial charge in [0.1, 0.15) is 5.82 Å². The molecule has 3 saturated carbocycles. The molecule has 6 atom stereocenters. The number of hydrogen-bond acceptors (Lipinski definition) is 4. The highest BCUT2D eigenvalue weighted by Gasteiger charge is 2.56. The number of aliphatic imine (C=N–C) groups is 1. The van der Waals surface area contributed by atoms with E-state index in [0.717, 1.165) is 55.1 Å². The van der Waals surface area contributed by atoms with E-state index in [0.29, 0.717) is 46.3 Å². The minimum absolute atomic E-state index is 0.116. The molecule has 4 fully saturated rings. The molecule has 2 heterocycles. The Balaban J connectivity index is 1.25. The number of rotatable bonds is 5. The Morgan fingerprint density at radius 1 is 1.21 bits per heavy atom. The number of hydrogen-bond donors (Lipinski definition) is 2. The van der Waals surface area contributed by atoms with Gasteiger partial charge >= 0.3 is 0 Å². The Kier molecular flexibility index (Phi) is 7.62. The first-order valence-corrected chi connectivity index (χ1v) is 15.6. The van der Waals surface area contributed by atoms with E-state index in [1.54, 1.807) is 17.0 Å². The quantitative estimate of drug-likeness (QED) is 0.300. The van der Waals surface area contributed by atoms with E-state index < -0.39 is 0 Å². The summed E-state index contributed by atoms with van der Waals surface area (Å²) in [5.41, 5.74) is 3.30. The average molecular weight is 573 g/mol. The molecule has 42 heavy (non-hydrogen) atoms. The van der Waals surface area contributed by atoms with Crippen molar-refractivity contribution in [3.05, 3.63) is 70.0 Å². The van der Waals surface area contributed by atoms with Crippen molar-refractivity contribution >= 4 is 22.5 Å². The molecule has 0 radical (unpaired) electrons. The molecule has 0 spiro atoms. The molecule has 1 aromatic heterocycles. The molecule has 1 unspecified atom stereocenters. The van der Waals surface area contributed by atoms with E-state index in [1.165, 1.54) is 12.5 Å². The normalized spacial score (nSPS) is 27.9. The fourth-order valence-electron chi connectivity index (χ4n) is 7.66. The molecule has 2 bridgehead atoms. The zero-order valence-corrected chi connectivity index (χ0v) is 25.8. The Hall–Kier alpha value is -3.26. The van der Waals surface area contributed by atoms with Crippen LogP contribution in [-0.2, 0) is 6.42 Å². The van der Waals surface area contributed by atoms with Crippen molar-refractivity contribution in [3.63, 3.8) is 0 Å². The molecule has 8 heteroatoms. The van der Waals surface area contributed by atoms with E-state index in [4.69, 9.17) is 4.99 Å². The first-order chi connectivity index (χ1) is 20.0. The topological polar surface area (TPSA) is 74.6 Å². The number of anilines is 1. The molecule has 3 aliphatic carbocycles. The van der Waals surface area contributed by atoms with Crippen LogP contribution in [0.25, 0.3) is 10.9 Å². The van der Waals surface area contributed by atoms with Gasteiger partial charge in [0.2, 0.25) is 0 Å². The summed E-state index contributed by atoms with van der Waals surface area (Å²) in [6, 6.07) is 11.4. The lowest BCUT2D eigenvalue weighted by atomic mass is 9.45. The summed E-state index contributed by atoms with van der Waals surface area (Å²) >= 11 is 0. The van der Waals surface area contributed by atoms with Gasteiger partial charge in [-0.2, -0.15) is 0 Å². The van der Waals surface area contributed by atoms with E-state index in [-0.39, 0.29) is 17.4 Å². The Bertz CT molecular complexity index is 1560. The fraction of sp³-hybridized carbons (Fsp3) is 0.559. The van der Waals surface area contributed by atoms with Gasteiger partial charge < -0.3 is 15.5 Å². The second-order valence-corrected chi connectivity index (χ2v) is 13.7. The van der Waals surface area contributed by atoms with Crippen LogP contribution in [0.3, 0.4) is 0 Å². The van der Waals surface area contributed by atoms with Crippen molar-refractivity contribution in [2.75, 3.05) is 25.0 Å². The summed E-state index contributed by atoms with van der Waals surface area (Å²) in [6.07, 6.45) is 4.48. The van der Waals surface area contributed by atoms with Gasteiger partial charge in [-0.05, 0) is 98.6 Å². The lowest BCUT2D eigenvalue weighted by Crippen LogP contribution is -2.57. The number of fused-ring (bicyclic) bond motifs is 3. The third kappa shape index (κ3) is 5.34. The molecule has 2 N–H and O–H groups in total. The van der Waals surface area contributed by atoms with Crippen LogP contribution < -0.4 is 16.2 Å². The van der Waals surface area contributed by atoms with Crippen molar-refractivity contribution in [1.29, 1.82) is 0 Å². The Morgan fingerprint density at radius 3 is 2.74 bits per heavy atom. The summed E-state index contributed by atoms with van der Waals surface area (Å²) in [6.45, 7) is 16.0. The molecule has 3 aromatic rings. The lowest BCUT2D eigenvalue weighted by molar-refractivity contribution is -0.108. The number of aryl methyl sites for hydroxylation is 1. The van der Waals surface area contributed by atoms with Crippen molar-refractivity contribution in [2.24, 2.45) is 28.2 Å². The Labute approximate surface area is 248 Å². The number of guanidine groups is 1. The molecule has 7 nitrogen and oxygen atoms in total. The first-order valence-electron chi connectivity index (χ1n) is 15.6. The Morgan fingerprint density at radius 2 is 2.02 bits per heavy atom. The van der Waals surface area contributed by atoms with Crippen LogP contribution in [0.2, 0.25) is 0 Å². The van der Waals surface area contributed by atoms with Gasteiger partial charge in [0.15, 0.2) is 5.96 Å². The second-order valence-electron chi connectivity index (χ2n) is 13.7. The summed E-state index contributed by atoms with van der Waals surface area (Å²) in [4.78, 5) is 25.9. The summed E-state index contributed by atoms with van der Waals surface area (Å²) < 4.78 is 16.1. The maximum Gasteiger partial charge on any atom is 0.261 e. The van der Waals surface area contributed by atoms with Crippen LogP contribution in [0.1, 0.15) is 64.6 Å². The predicted molar refractivity (Wildman–Crippen MR) is 169 cm³/mol. The van der Waals surface area contributed by atoms with Crippen molar-refractivity contribution in [1.82, 2.24) is 19.8 Å². The van der Waals surface area contributed by atoms with Gasteiger partial charge in [-0.15, -0.1) is 0 Å². The third-order valence-electron chi connectivity index (χ3n) is 10.5. The van der Waals surface area contributed by atoms with Gasteiger partial charge in [-0.25, -0.2) is 14.4 Å². The highest BCUT2D eigenvalue weighted by atomic mass is 19.1. The zero-order valence-electron chi connectivity index (χ0n) is 25.8. The molecular formula is C34H45FN6O. The molecule has 224 valence electrons. The largest absolute Gasteiger partial charge is 0.340 e. The number of nitrogens with one attached hydrogen (secondary N) is 2. The molecule has 1 aliphatic heterocycles. The van der Waals surface area contributed by atoms with Crippen LogP contribution in [0.5, 0.6) is 0 Å². The zero-order chi connectivity index (χ0) is 29.8. The SMILES string of the molecule is Cc1ccc(C[C@@H](C)n2cnc3cc(N/C(=N/C4C[C@H]5C[C@@H]([C@@H]4C)C5(C)C)N4CCN[C@@H](C)C4)ccc3c2=O)c(F)c1. The van der Waals surface area contributed by atoms with Crippen LogP contribution in [0.15, 0.2) is 52.5 Å². The molecule has 4 aliphatic rings. The fourth-order valence-corrected chi connectivity index (χ4v) is 7.66. The average Bonchev–Trinajstić information content (AvgIpc) is 2.95. The van der Waals surface area contributed by atoms with E-state index in [9.17, 15) is 9.18 Å². The number of piperazine rings is 1. The van der Waals surface area contributed by atoms with Gasteiger partial charge in [0.05, 0.1) is 23.3 Å². The van der Waals surface area contributed by atoms with Gasteiger partial charge in [0, 0.05) is 37.4 Å². The van der Waals surface area contributed by atoms with E-state index in [2.05, 4.69) is 48.2 Å².